The second-order valence-electron chi connectivity index (χ2n) is 6.79. The quantitative estimate of drug-likeness (QED) is 0.782. The maximum Gasteiger partial charge on any atom is 0.321 e. The molecule has 0 radical (unpaired) electrons. The van der Waals surface area contributed by atoms with Gasteiger partial charge in [-0.05, 0) is 47.8 Å². The summed E-state index contributed by atoms with van der Waals surface area (Å²) in [7, 11) is 1.84. The molecule has 1 aliphatic heterocycles. The lowest BCUT2D eigenvalue weighted by molar-refractivity contribution is 0.218. The van der Waals surface area contributed by atoms with E-state index in [4.69, 9.17) is 0 Å². The van der Waals surface area contributed by atoms with Gasteiger partial charge in [0.2, 0.25) is 0 Å². The number of halogens is 1. The molecule has 0 bridgehead atoms. The highest BCUT2D eigenvalue weighted by atomic mass is 79.9. The number of nitrogens with one attached hydrogen (secondary N) is 1. The van der Waals surface area contributed by atoms with Crippen molar-refractivity contribution in [2.24, 2.45) is 17.8 Å². The minimum atomic E-state index is -0.0149. The number of hydrogen-bond donors (Lipinski definition) is 1. The fourth-order valence-corrected chi connectivity index (χ4v) is 5.35. The van der Waals surface area contributed by atoms with Crippen LogP contribution in [-0.2, 0) is 6.54 Å². The van der Waals surface area contributed by atoms with Crippen molar-refractivity contribution in [3.8, 4) is 0 Å². The fourth-order valence-electron chi connectivity index (χ4n) is 4.28. The van der Waals surface area contributed by atoms with E-state index in [1.165, 1.54) is 36.8 Å². The second kappa shape index (κ2) is 5.01. The van der Waals surface area contributed by atoms with Gasteiger partial charge in [0, 0.05) is 24.1 Å². The molecule has 2 aliphatic carbocycles. The van der Waals surface area contributed by atoms with Gasteiger partial charge < -0.3 is 10.2 Å². The molecular weight excluding hydrogens is 328 g/mol. The Hall–Kier alpha value is -1.03. The standard InChI is InChI=1S/C17H21BrN2O/c1-20-9-11-8-10(6-7-14(11)19-17(20)21)16(18)15-12-4-2-3-5-13(12)15/h6-8,12-13,15-16H,2-5,9H2,1H3,(H,19,21). The molecule has 3 aliphatic rings. The molecule has 21 heavy (non-hydrogen) atoms. The van der Waals surface area contributed by atoms with Gasteiger partial charge in [0.25, 0.3) is 0 Å². The number of amides is 2. The van der Waals surface area contributed by atoms with E-state index in [1.54, 1.807) is 4.90 Å². The topological polar surface area (TPSA) is 32.3 Å². The summed E-state index contributed by atoms with van der Waals surface area (Å²) in [5.41, 5.74) is 3.56. The van der Waals surface area contributed by atoms with Crippen LogP contribution < -0.4 is 5.32 Å². The molecule has 112 valence electrons. The number of fused-ring (bicyclic) bond motifs is 2. The van der Waals surface area contributed by atoms with Crippen LogP contribution in [0.2, 0.25) is 0 Å². The van der Waals surface area contributed by atoms with Gasteiger partial charge >= 0.3 is 6.03 Å². The highest BCUT2D eigenvalue weighted by Gasteiger charge is 2.53. The average molecular weight is 349 g/mol. The van der Waals surface area contributed by atoms with E-state index in [1.807, 2.05) is 7.05 Å². The summed E-state index contributed by atoms with van der Waals surface area (Å²) >= 11 is 3.96. The Bertz CT molecular complexity index is 576. The molecule has 4 rings (SSSR count). The summed E-state index contributed by atoms with van der Waals surface area (Å²) in [6.07, 6.45) is 5.67. The van der Waals surface area contributed by atoms with Crippen molar-refractivity contribution in [3.05, 3.63) is 29.3 Å². The minimum Gasteiger partial charge on any atom is -0.323 e. The largest absolute Gasteiger partial charge is 0.323 e. The molecule has 2 fully saturated rings. The van der Waals surface area contributed by atoms with Crippen molar-refractivity contribution >= 4 is 27.6 Å². The highest BCUT2D eigenvalue weighted by Crippen LogP contribution is 2.62. The summed E-state index contributed by atoms with van der Waals surface area (Å²) in [5.74, 6) is 2.71. The Morgan fingerprint density at radius 3 is 2.71 bits per heavy atom. The van der Waals surface area contributed by atoms with E-state index in [0.29, 0.717) is 11.4 Å². The van der Waals surface area contributed by atoms with E-state index >= 15 is 0 Å². The molecule has 4 heteroatoms. The predicted molar refractivity (Wildman–Crippen MR) is 87.5 cm³/mol. The van der Waals surface area contributed by atoms with Crippen molar-refractivity contribution in [1.29, 1.82) is 0 Å². The number of rotatable bonds is 2. The van der Waals surface area contributed by atoms with Gasteiger partial charge in [-0.1, -0.05) is 40.9 Å². The fraction of sp³-hybridized carbons (Fsp3) is 0.588. The van der Waals surface area contributed by atoms with Gasteiger partial charge in [-0.2, -0.15) is 0 Å². The molecular formula is C17H21BrN2O. The Morgan fingerprint density at radius 1 is 1.29 bits per heavy atom. The Kier molecular flexibility index (Phi) is 3.25. The molecule has 0 spiro atoms. The van der Waals surface area contributed by atoms with Crippen LogP contribution in [0.4, 0.5) is 10.5 Å². The Labute approximate surface area is 134 Å². The zero-order valence-corrected chi connectivity index (χ0v) is 13.9. The number of nitrogens with zero attached hydrogens (tertiary/aromatic N) is 1. The number of carbonyl (C=O) groups excluding carboxylic acids is 1. The molecule has 3 atom stereocenters. The van der Waals surface area contributed by atoms with E-state index < -0.39 is 0 Å². The minimum absolute atomic E-state index is 0.0149. The zero-order chi connectivity index (χ0) is 14.6. The lowest BCUT2D eigenvalue weighted by Gasteiger charge is -2.27. The van der Waals surface area contributed by atoms with Crippen LogP contribution in [0, 0.1) is 17.8 Å². The molecule has 0 saturated heterocycles. The maximum absolute atomic E-state index is 11.7. The second-order valence-corrected chi connectivity index (χ2v) is 7.78. The lowest BCUT2D eigenvalue weighted by Crippen LogP contribution is -2.35. The molecule has 1 aromatic carbocycles. The Morgan fingerprint density at radius 2 is 2.00 bits per heavy atom. The van der Waals surface area contributed by atoms with E-state index in [0.717, 1.165) is 23.4 Å². The number of alkyl halides is 1. The number of carbonyl (C=O) groups is 1. The number of anilines is 1. The molecule has 1 heterocycles. The molecule has 1 aromatic rings. The van der Waals surface area contributed by atoms with Crippen LogP contribution in [0.3, 0.4) is 0 Å². The van der Waals surface area contributed by atoms with Crippen LogP contribution >= 0.6 is 15.9 Å². The van der Waals surface area contributed by atoms with Crippen molar-refractivity contribution < 1.29 is 4.79 Å². The summed E-state index contributed by atoms with van der Waals surface area (Å²) in [6, 6.07) is 6.50. The van der Waals surface area contributed by atoms with E-state index in [2.05, 4.69) is 39.4 Å². The summed E-state index contributed by atoms with van der Waals surface area (Å²) in [6.45, 7) is 0.701. The van der Waals surface area contributed by atoms with Gasteiger partial charge in [-0.25, -0.2) is 4.79 Å². The first kappa shape index (κ1) is 13.6. The third-order valence-electron chi connectivity index (χ3n) is 5.50. The Balaban J connectivity index is 1.56. The van der Waals surface area contributed by atoms with Crippen LogP contribution in [0.15, 0.2) is 18.2 Å². The van der Waals surface area contributed by atoms with Gasteiger partial charge in [0.05, 0.1) is 0 Å². The molecule has 2 amide bonds. The van der Waals surface area contributed by atoms with Gasteiger partial charge in [-0.15, -0.1) is 0 Å². The molecule has 3 nitrogen and oxygen atoms in total. The van der Waals surface area contributed by atoms with E-state index in [9.17, 15) is 4.79 Å². The lowest BCUT2D eigenvalue weighted by atomic mass is 10.0. The monoisotopic (exact) mass is 348 g/mol. The molecule has 1 N–H and O–H groups in total. The molecule has 3 unspecified atom stereocenters. The third kappa shape index (κ3) is 2.28. The maximum atomic E-state index is 11.7. The van der Waals surface area contributed by atoms with Crippen molar-refractivity contribution in [2.45, 2.75) is 37.1 Å². The number of urea groups is 1. The number of benzene rings is 1. The highest BCUT2D eigenvalue weighted by molar-refractivity contribution is 9.09. The molecule has 0 aromatic heterocycles. The first-order valence-electron chi connectivity index (χ1n) is 7.94. The van der Waals surface area contributed by atoms with Gasteiger partial charge in [-0.3, -0.25) is 0 Å². The first-order valence-corrected chi connectivity index (χ1v) is 8.86. The predicted octanol–water partition coefficient (Wildman–Crippen LogP) is 4.54. The van der Waals surface area contributed by atoms with Gasteiger partial charge in [0.1, 0.15) is 0 Å². The SMILES string of the molecule is CN1Cc2cc(C(Br)C3C4CCCCC43)ccc2NC1=O. The van der Waals surface area contributed by atoms with Gasteiger partial charge in [0.15, 0.2) is 0 Å². The normalized spacial score (nSPS) is 32.0. The third-order valence-corrected chi connectivity index (χ3v) is 6.64. The summed E-state index contributed by atoms with van der Waals surface area (Å²) in [5, 5.41) is 2.94. The first-order chi connectivity index (χ1) is 10.1. The van der Waals surface area contributed by atoms with E-state index in [-0.39, 0.29) is 6.03 Å². The van der Waals surface area contributed by atoms with Crippen LogP contribution in [0.25, 0.3) is 0 Å². The van der Waals surface area contributed by atoms with Crippen LogP contribution in [0.1, 0.15) is 41.6 Å². The van der Waals surface area contributed by atoms with Crippen molar-refractivity contribution in [3.63, 3.8) is 0 Å². The van der Waals surface area contributed by atoms with Crippen LogP contribution in [-0.4, -0.2) is 18.0 Å². The zero-order valence-electron chi connectivity index (χ0n) is 12.3. The summed E-state index contributed by atoms with van der Waals surface area (Å²) in [4.78, 5) is 13.9. The smallest absolute Gasteiger partial charge is 0.321 e. The average Bonchev–Trinajstić information content (AvgIpc) is 3.21. The van der Waals surface area contributed by atoms with Crippen molar-refractivity contribution in [1.82, 2.24) is 4.90 Å². The number of hydrogen-bond acceptors (Lipinski definition) is 1. The van der Waals surface area contributed by atoms with Crippen molar-refractivity contribution in [2.75, 3.05) is 12.4 Å². The molecule has 2 saturated carbocycles. The van der Waals surface area contributed by atoms with Crippen LogP contribution in [0.5, 0.6) is 0 Å². The summed E-state index contributed by atoms with van der Waals surface area (Å²) < 4.78 is 0.